The fraction of sp³-hybridized carbons (Fsp3) is 0.462. The van der Waals surface area contributed by atoms with Gasteiger partial charge in [0.2, 0.25) is 5.91 Å². The van der Waals surface area contributed by atoms with E-state index in [0.29, 0.717) is 23.8 Å². The van der Waals surface area contributed by atoms with Crippen LogP contribution in [-0.4, -0.2) is 11.0 Å². The molecule has 1 unspecified atom stereocenters. The van der Waals surface area contributed by atoms with E-state index in [1.807, 2.05) is 6.07 Å². The van der Waals surface area contributed by atoms with E-state index in [-0.39, 0.29) is 5.91 Å². The number of anilines is 1. The van der Waals surface area contributed by atoms with Crippen molar-refractivity contribution in [2.75, 3.05) is 5.32 Å². The topological polar surface area (TPSA) is 49.3 Å². The van der Waals surface area contributed by atoms with Gasteiger partial charge >= 0.3 is 0 Å². The van der Waals surface area contributed by atoms with Gasteiger partial charge in [0.1, 0.15) is 0 Å². The molecule has 0 fully saturated rings. The van der Waals surface area contributed by atoms with Crippen molar-refractivity contribution < 1.29 is 9.90 Å². The highest BCUT2D eigenvalue weighted by Crippen LogP contribution is 2.34. The molecule has 17 heavy (non-hydrogen) atoms. The second-order valence-corrected chi connectivity index (χ2v) is 5.31. The van der Waals surface area contributed by atoms with Crippen molar-refractivity contribution in [3.8, 4) is 0 Å². The molecular weight excluding hydrogens is 238 g/mol. The maximum atomic E-state index is 11.3. The van der Waals surface area contributed by atoms with Crippen LogP contribution in [0.15, 0.2) is 12.1 Å². The van der Waals surface area contributed by atoms with E-state index in [9.17, 15) is 9.90 Å². The van der Waals surface area contributed by atoms with E-state index in [2.05, 4.69) is 19.2 Å². The number of aliphatic hydroxyl groups is 1. The van der Waals surface area contributed by atoms with Crippen LogP contribution in [0.3, 0.4) is 0 Å². The molecule has 0 saturated carbocycles. The molecule has 1 aromatic carbocycles. The number of hydrogen-bond acceptors (Lipinski definition) is 2. The number of fused-ring (bicyclic) bond motifs is 1. The molecule has 2 N–H and O–H groups in total. The van der Waals surface area contributed by atoms with Crippen LogP contribution in [0.2, 0.25) is 5.02 Å². The van der Waals surface area contributed by atoms with Crippen LogP contribution < -0.4 is 5.32 Å². The van der Waals surface area contributed by atoms with E-state index < -0.39 is 6.10 Å². The third-order valence-corrected chi connectivity index (χ3v) is 3.23. The molecule has 0 bridgehead atoms. The van der Waals surface area contributed by atoms with Crippen molar-refractivity contribution in [3.63, 3.8) is 0 Å². The SMILES string of the molecule is CC(C)CC(O)c1cc2c(cc1Cl)NC(=O)C2. The minimum absolute atomic E-state index is 0.0217. The van der Waals surface area contributed by atoms with Crippen molar-refractivity contribution in [2.24, 2.45) is 5.92 Å². The average molecular weight is 254 g/mol. The van der Waals surface area contributed by atoms with Gasteiger partial charge in [-0.15, -0.1) is 0 Å². The molecule has 0 saturated heterocycles. The molecule has 2 rings (SSSR count). The number of hydrogen-bond donors (Lipinski definition) is 2. The average Bonchev–Trinajstić information content (AvgIpc) is 2.54. The zero-order valence-electron chi connectivity index (χ0n) is 9.96. The molecule has 3 nitrogen and oxygen atoms in total. The van der Waals surface area contributed by atoms with Crippen LogP contribution in [0.4, 0.5) is 5.69 Å². The molecule has 1 aliphatic rings. The second-order valence-electron chi connectivity index (χ2n) is 4.90. The van der Waals surface area contributed by atoms with Gasteiger partial charge in [0.25, 0.3) is 0 Å². The van der Waals surface area contributed by atoms with E-state index in [0.717, 1.165) is 16.8 Å². The zero-order chi connectivity index (χ0) is 12.6. The van der Waals surface area contributed by atoms with Gasteiger partial charge in [-0.3, -0.25) is 4.79 Å². The molecule has 0 aliphatic carbocycles. The first-order chi connectivity index (χ1) is 7.97. The second kappa shape index (κ2) is 4.67. The molecular formula is C13H16ClNO2. The lowest BCUT2D eigenvalue weighted by molar-refractivity contribution is -0.115. The highest BCUT2D eigenvalue weighted by molar-refractivity contribution is 6.32. The summed E-state index contributed by atoms with van der Waals surface area (Å²) < 4.78 is 0. The maximum absolute atomic E-state index is 11.3. The Morgan fingerprint density at radius 2 is 2.18 bits per heavy atom. The Labute approximate surface area is 106 Å². The van der Waals surface area contributed by atoms with E-state index >= 15 is 0 Å². The number of benzene rings is 1. The summed E-state index contributed by atoms with van der Waals surface area (Å²) in [4.78, 5) is 11.3. The lowest BCUT2D eigenvalue weighted by Gasteiger charge is -2.16. The number of aliphatic hydroxyl groups excluding tert-OH is 1. The normalized spacial score (nSPS) is 15.9. The minimum Gasteiger partial charge on any atom is -0.388 e. The molecule has 0 radical (unpaired) electrons. The lowest BCUT2D eigenvalue weighted by atomic mass is 9.97. The van der Waals surface area contributed by atoms with Gasteiger partial charge in [-0.25, -0.2) is 0 Å². The Kier molecular flexibility index (Phi) is 3.40. The first kappa shape index (κ1) is 12.4. The quantitative estimate of drug-likeness (QED) is 0.870. The van der Waals surface area contributed by atoms with Crippen LogP contribution in [0, 0.1) is 5.92 Å². The summed E-state index contributed by atoms with van der Waals surface area (Å²) in [5.74, 6) is 0.376. The summed E-state index contributed by atoms with van der Waals surface area (Å²) in [6, 6.07) is 3.56. The molecule has 1 aromatic rings. The number of carbonyl (C=O) groups excluding carboxylic acids is 1. The number of amides is 1. The first-order valence-electron chi connectivity index (χ1n) is 5.77. The number of rotatable bonds is 3. The summed E-state index contributed by atoms with van der Waals surface area (Å²) in [5, 5.41) is 13.3. The maximum Gasteiger partial charge on any atom is 0.228 e. The van der Waals surface area contributed by atoms with E-state index in [4.69, 9.17) is 11.6 Å². The van der Waals surface area contributed by atoms with Crippen molar-refractivity contribution >= 4 is 23.2 Å². The largest absolute Gasteiger partial charge is 0.388 e. The summed E-state index contributed by atoms with van der Waals surface area (Å²) in [6.45, 7) is 4.10. The predicted octanol–water partition coefficient (Wildman–Crippen LogP) is 2.91. The highest BCUT2D eigenvalue weighted by Gasteiger charge is 2.22. The summed E-state index contributed by atoms with van der Waals surface area (Å²) >= 11 is 6.12. The highest BCUT2D eigenvalue weighted by atomic mass is 35.5. The number of carbonyl (C=O) groups is 1. The van der Waals surface area contributed by atoms with E-state index in [1.165, 1.54) is 0 Å². The van der Waals surface area contributed by atoms with Crippen LogP contribution >= 0.6 is 11.6 Å². The van der Waals surface area contributed by atoms with Gasteiger partial charge in [-0.1, -0.05) is 25.4 Å². The van der Waals surface area contributed by atoms with Crippen molar-refractivity contribution in [2.45, 2.75) is 32.8 Å². The van der Waals surface area contributed by atoms with Crippen molar-refractivity contribution in [1.29, 1.82) is 0 Å². The summed E-state index contributed by atoms with van der Waals surface area (Å²) in [6.07, 6.45) is 0.469. The fourth-order valence-electron chi connectivity index (χ4n) is 2.10. The summed E-state index contributed by atoms with van der Waals surface area (Å²) in [7, 11) is 0. The van der Waals surface area contributed by atoms with E-state index in [1.54, 1.807) is 6.07 Å². The lowest BCUT2D eigenvalue weighted by Crippen LogP contribution is -2.03. The molecule has 4 heteroatoms. The Balaban J connectivity index is 2.30. The predicted molar refractivity (Wildman–Crippen MR) is 68.2 cm³/mol. The fourth-order valence-corrected chi connectivity index (χ4v) is 2.39. The first-order valence-corrected chi connectivity index (χ1v) is 6.15. The Morgan fingerprint density at radius 3 is 2.82 bits per heavy atom. The molecule has 0 spiro atoms. The monoisotopic (exact) mass is 253 g/mol. The van der Waals surface area contributed by atoms with Crippen molar-refractivity contribution in [1.82, 2.24) is 0 Å². The molecule has 1 heterocycles. The van der Waals surface area contributed by atoms with Crippen molar-refractivity contribution in [3.05, 3.63) is 28.3 Å². The molecule has 92 valence electrons. The van der Waals surface area contributed by atoms with Gasteiger partial charge < -0.3 is 10.4 Å². The molecule has 1 atom stereocenters. The van der Waals surface area contributed by atoms with Gasteiger partial charge in [-0.2, -0.15) is 0 Å². The standard InChI is InChI=1S/C13H16ClNO2/c1-7(2)3-12(16)9-4-8-5-13(17)15-11(8)6-10(9)14/h4,6-7,12,16H,3,5H2,1-2H3,(H,15,17). The van der Waals surface area contributed by atoms with Crippen LogP contribution in [0.5, 0.6) is 0 Å². The Bertz CT molecular complexity index is 457. The molecule has 1 aliphatic heterocycles. The molecule has 1 amide bonds. The van der Waals surface area contributed by atoms with Gasteiger partial charge in [-0.05, 0) is 35.6 Å². The minimum atomic E-state index is -0.566. The van der Waals surface area contributed by atoms with Crippen LogP contribution in [-0.2, 0) is 11.2 Å². The number of nitrogens with one attached hydrogen (secondary N) is 1. The van der Waals surface area contributed by atoms with Gasteiger partial charge in [0.05, 0.1) is 12.5 Å². The summed E-state index contributed by atoms with van der Waals surface area (Å²) in [5.41, 5.74) is 2.40. The Morgan fingerprint density at radius 1 is 1.47 bits per heavy atom. The van der Waals surface area contributed by atoms with Crippen LogP contribution in [0.25, 0.3) is 0 Å². The third kappa shape index (κ3) is 2.61. The third-order valence-electron chi connectivity index (χ3n) is 2.90. The zero-order valence-corrected chi connectivity index (χ0v) is 10.7. The van der Waals surface area contributed by atoms with Gasteiger partial charge in [0.15, 0.2) is 0 Å². The smallest absolute Gasteiger partial charge is 0.228 e. The number of halogens is 1. The molecule has 0 aromatic heterocycles. The Hall–Kier alpha value is -1.06. The van der Waals surface area contributed by atoms with Gasteiger partial charge in [0, 0.05) is 10.7 Å². The van der Waals surface area contributed by atoms with Crippen LogP contribution in [0.1, 0.15) is 37.5 Å².